The van der Waals surface area contributed by atoms with Crippen LogP contribution in [0, 0.1) is 0 Å². The van der Waals surface area contributed by atoms with Gasteiger partial charge in [-0.15, -0.1) is 0 Å². The van der Waals surface area contributed by atoms with E-state index in [0.29, 0.717) is 0 Å². The second-order valence-electron chi connectivity index (χ2n) is 2.20. The Kier molecular flexibility index (Phi) is 2.57. The molecule has 0 aromatic rings. The molecular weight excluding hydrogens is 210 g/mol. The standard InChI is InChI=1S/C4BO8.Na/c6-1-2(7)11-5(10-1)12-3(8)4(9)13-5;/q-1;+1. The number of hydrogen-bond acceptors (Lipinski definition) is 8. The normalized spacial score (nSPS) is 22.3. The molecule has 2 aliphatic rings. The second kappa shape index (κ2) is 3.26. The predicted octanol–water partition coefficient (Wildman–Crippen LogP) is -5.37. The maximum atomic E-state index is 10.5. The Balaban J connectivity index is 0.000000980. The molecule has 2 aliphatic heterocycles. The third kappa shape index (κ3) is 1.49. The topological polar surface area (TPSA) is 105 Å². The molecule has 0 saturated carbocycles. The summed E-state index contributed by atoms with van der Waals surface area (Å²) in [6.45, 7) is -3.30. The van der Waals surface area contributed by atoms with E-state index in [1.165, 1.54) is 0 Å². The van der Waals surface area contributed by atoms with Gasteiger partial charge in [0, 0.05) is 0 Å². The zero-order chi connectivity index (χ0) is 9.64. The van der Waals surface area contributed by atoms with Gasteiger partial charge in [0.25, 0.3) is 0 Å². The van der Waals surface area contributed by atoms with Crippen molar-refractivity contribution in [3.8, 4) is 0 Å². The van der Waals surface area contributed by atoms with Crippen LogP contribution in [0.2, 0.25) is 0 Å². The zero-order valence-corrected chi connectivity index (χ0v) is 8.84. The van der Waals surface area contributed by atoms with Crippen LogP contribution < -0.4 is 29.6 Å². The minimum Gasteiger partial charge on any atom is -0.576 e. The number of rotatable bonds is 0. The van der Waals surface area contributed by atoms with E-state index in [1.54, 1.807) is 0 Å². The summed E-state index contributed by atoms with van der Waals surface area (Å²) in [5.41, 5.74) is 0. The van der Waals surface area contributed by atoms with Crippen molar-refractivity contribution < 1.29 is 67.4 Å². The molecule has 14 heavy (non-hydrogen) atoms. The molecule has 0 atom stereocenters. The Morgan fingerprint density at radius 3 is 1.07 bits per heavy atom. The predicted molar refractivity (Wildman–Crippen MR) is 30.1 cm³/mol. The number of carbonyl (C=O) groups is 4. The first-order valence-corrected chi connectivity index (χ1v) is 3.08. The molecule has 10 heteroatoms. The van der Waals surface area contributed by atoms with Crippen molar-refractivity contribution in [3.05, 3.63) is 0 Å². The summed E-state index contributed by atoms with van der Waals surface area (Å²) in [4.78, 5) is 41.9. The molecular formula is C4BNaO8. The van der Waals surface area contributed by atoms with Gasteiger partial charge >= 0.3 is 60.4 Å². The summed E-state index contributed by atoms with van der Waals surface area (Å²) in [7, 11) is 0. The molecule has 2 heterocycles. The summed E-state index contributed by atoms with van der Waals surface area (Å²) in [6, 6.07) is 0. The Morgan fingerprint density at radius 1 is 0.643 bits per heavy atom. The summed E-state index contributed by atoms with van der Waals surface area (Å²) >= 11 is 0. The fourth-order valence-electron chi connectivity index (χ4n) is 0.861. The monoisotopic (exact) mass is 210 g/mol. The van der Waals surface area contributed by atoms with Crippen molar-refractivity contribution in [2.75, 3.05) is 0 Å². The van der Waals surface area contributed by atoms with Gasteiger partial charge in [-0.25, -0.2) is 19.2 Å². The Bertz CT molecular complexity index is 280. The third-order valence-electron chi connectivity index (χ3n) is 1.34. The summed E-state index contributed by atoms with van der Waals surface area (Å²) in [5, 5.41) is 0. The summed E-state index contributed by atoms with van der Waals surface area (Å²) < 4.78 is 16.5. The molecule has 0 N–H and O–H groups in total. The van der Waals surface area contributed by atoms with Gasteiger partial charge in [0.2, 0.25) is 0 Å². The molecule has 1 spiro atoms. The molecule has 2 saturated heterocycles. The molecule has 2 rings (SSSR count). The molecule has 0 aromatic heterocycles. The first-order chi connectivity index (χ1) is 6.02. The van der Waals surface area contributed by atoms with Crippen LogP contribution in [-0.2, 0) is 37.8 Å². The summed E-state index contributed by atoms with van der Waals surface area (Å²) in [5.74, 6) is -5.49. The molecule has 68 valence electrons. The van der Waals surface area contributed by atoms with Crippen LogP contribution in [0.3, 0.4) is 0 Å². The molecule has 0 amide bonds. The molecule has 0 bridgehead atoms. The van der Waals surface area contributed by atoms with Gasteiger partial charge in [0.05, 0.1) is 0 Å². The van der Waals surface area contributed by atoms with Crippen LogP contribution >= 0.6 is 0 Å². The van der Waals surface area contributed by atoms with Gasteiger partial charge in [-0.1, -0.05) is 0 Å². The van der Waals surface area contributed by atoms with Gasteiger partial charge in [-0.2, -0.15) is 0 Å². The van der Waals surface area contributed by atoms with Gasteiger partial charge in [0.1, 0.15) is 0 Å². The van der Waals surface area contributed by atoms with E-state index in [0.717, 1.165) is 0 Å². The van der Waals surface area contributed by atoms with E-state index in [4.69, 9.17) is 0 Å². The minimum atomic E-state index is -3.30. The van der Waals surface area contributed by atoms with Gasteiger partial charge in [-0.3, -0.25) is 0 Å². The average molecular weight is 210 g/mol. The van der Waals surface area contributed by atoms with E-state index in [1.807, 2.05) is 0 Å². The van der Waals surface area contributed by atoms with Gasteiger partial charge < -0.3 is 18.6 Å². The van der Waals surface area contributed by atoms with E-state index >= 15 is 0 Å². The van der Waals surface area contributed by atoms with E-state index < -0.39 is 30.8 Å². The maximum absolute atomic E-state index is 10.5. The Morgan fingerprint density at radius 2 is 0.857 bits per heavy atom. The number of carbonyl (C=O) groups excluding carboxylic acids is 4. The second-order valence-corrected chi connectivity index (χ2v) is 2.20. The molecule has 0 unspecified atom stereocenters. The van der Waals surface area contributed by atoms with Crippen LogP contribution in [0.15, 0.2) is 0 Å². The molecule has 0 radical (unpaired) electrons. The van der Waals surface area contributed by atoms with Crippen LogP contribution in [0.1, 0.15) is 0 Å². The van der Waals surface area contributed by atoms with Crippen molar-refractivity contribution in [2.24, 2.45) is 0 Å². The van der Waals surface area contributed by atoms with Crippen LogP contribution in [0.5, 0.6) is 0 Å². The van der Waals surface area contributed by atoms with Crippen molar-refractivity contribution in [1.29, 1.82) is 0 Å². The minimum absolute atomic E-state index is 0. The largest absolute Gasteiger partial charge is 1.00 e. The van der Waals surface area contributed by atoms with Crippen molar-refractivity contribution in [1.82, 2.24) is 0 Å². The van der Waals surface area contributed by atoms with Crippen molar-refractivity contribution in [3.63, 3.8) is 0 Å². The maximum Gasteiger partial charge on any atom is 1.00 e. The van der Waals surface area contributed by atoms with E-state index in [2.05, 4.69) is 18.6 Å². The number of hydrogen-bond donors (Lipinski definition) is 0. The first kappa shape index (κ1) is 11.0. The van der Waals surface area contributed by atoms with Crippen LogP contribution in [0.25, 0.3) is 0 Å². The first-order valence-electron chi connectivity index (χ1n) is 3.08. The average Bonchev–Trinajstić information content (AvgIpc) is 2.39. The molecule has 2 fully saturated rings. The van der Waals surface area contributed by atoms with Gasteiger partial charge in [0.15, 0.2) is 0 Å². The van der Waals surface area contributed by atoms with E-state index in [-0.39, 0.29) is 29.6 Å². The quantitative estimate of drug-likeness (QED) is 0.288. The van der Waals surface area contributed by atoms with Crippen molar-refractivity contribution in [2.45, 2.75) is 0 Å². The Labute approximate surface area is 98.1 Å². The third-order valence-corrected chi connectivity index (χ3v) is 1.34. The Hall–Kier alpha value is -1.06. The molecule has 0 aromatic carbocycles. The fourth-order valence-corrected chi connectivity index (χ4v) is 0.861. The van der Waals surface area contributed by atoms with Crippen LogP contribution in [-0.4, -0.2) is 30.8 Å². The fraction of sp³-hybridized carbons (Fsp3) is 0. The van der Waals surface area contributed by atoms with Gasteiger partial charge in [-0.05, 0) is 0 Å². The van der Waals surface area contributed by atoms with Crippen molar-refractivity contribution >= 4 is 30.8 Å². The van der Waals surface area contributed by atoms with E-state index in [9.17, 15) is 19.2 Å². The molecule has 8 nitrogen and oxygen atoms in total. The molecule has 0 aliphatic carbocycles. The summed E-state index contributed by atoms with van der Waals surface area (Å²) in [6.07, 6.45) is 0. The SMILES string of the molecule is O=C1O[B-]2(OC1=O)OC(=O)C(=O)O2.[Na+]. The smallest absolute Gasteiger partial charge is 0.576 e. The zero-order valence-electron chi connectivity index (χ0n) is 6.84. The van der Waals surface area contributed by atoms with Crippen LogP contribution in [0.4, 0.5) is 0 Å².